The van der Waals surface area contributed by atoms with Gasteiger partial charge in [0.25, 0.3) is 0 Å². The maximum atomic E-state index is 4.55. The molecule has 0 N–H and O–H groups in total. The zero-order valence-electron chi connectivity index (χ0n) is 9.58. The molecule has 0 fully saturated rings. The summed E-state index contributed by atoms with van der Waals surface area (Å²) in [6, 6.07) is 14.1. The predicted octanol–water partition coefficient (Wildman–Crippen LogP) is 3.11. The molecule has 2 aromatic rings. The first-order valence-electron chi connectivity index (χ1n) is 5.53. The second-order valence-corrected chi connectivity index (χ2v) is 3.58. The fraction of sp³-hybridized carbons (Fsp3) is 0.0667. The van der Waals surface area contributed by atoms with Crippen molar-refractivity contribution in [3.05, 3.63) is 78.6 Å². The van der Waals surface area contributed by atoms with E-state index in [1.165, 1.54) is 0 Å². The molecule has 0 saturated carbocycles. The Morgan fingerprint density at radius 3 is 2.35 bits per heavy atom. The highest BCUT2D eigenvalue weighted by molar-refractivity contribution is 6.12. The summed E-state index contributed by atoms with van der Waals surface area (Å²) in [6.07, 6.45) is 5.35. The third-order valence-electron chi connectivity index (χ3n) is 2.38. The third kappa shape index (κ3) is 2.88. The Hall–Kier alpha value is -2.22. The lowest BCUT2D eigenvalue weighted by Gasteiger charge is -2.06. The monoisotopic (exact) mass is 222 g/mol. The van der Waals surface area contributed by atoms with Gasteiger partial charge >= 0.3 is 0 Å². The fourth-order valence-electron chi connectivity index (χ4n) is 1.61. The van der Waals surface area contributed by atoms with E-state index in [0.29, 0.717) is 6.54 Å². The summed E-state index contributed by atoms with van der Waals surface area (Å²) in [5.41, 5.74) is 3.17. The van der Waals surface area contributed by atoms with Crippen molar-refractivity contribution in [2.45, 2.75) is 0 Å². The minimum atomic E-state index is 0.618. The standard InChI is InChI=1S/C15H14N2/c1-2-10-17-15(13-6-4-3-5-7-13)14-8-11-16-12-9-14/h2-9,11-12H,1,10H2. The van der Waals surface area contributed by atoms with Crippen LogP contribution in [0, 0.1) is 0 Å². The van der Waals surface area contributed by atoms with Crippen molar-refractivity contribution in [2.24, 2.45) is 4.99 Å². The van der Waals surface area contributed by atoms with Crippen LogP contribution in [-0.4, -0.2) is 17.2 Å². The van der Waals surface area contributed by atoms with Crippen LogP contribution in [0.5, 0.6) is 0 Å². The molecule has 0 aliphatic rings. The van der Waals surface area contributed by atoms with Crippen LogP contribution in [0.1, 0.15) is 11.1 Å². The molecule has 0 radical (unpaired) electrons. The average molecular weight is 222 g/mol. The van der Waals surface area contributed by atoms with Gasteiger partial charge in [0.15, 0.2) is 0 Å². The average Bonchev–Trinajstić information content (AvgIpc) is 2.42. The van der Waals surface area contributed by atoms with Crippen LogP contribution >= 0.6 is 0 Å². The van der Waals surface area contributed by atoms with E-state index < -0.39 is 0 Å². The first-order valence-corrected chi connectivity index (χ1v) is 5.53. The lowest BCUT2D eigenvalue weighted by atomic mass is 10.0. The Labute approximate surface area is 101 Å². The van der Waals surface area contributed by atoms with Gasteiger partial charge in [-0.2, -0.15) is 0 Å². The summed E-state index contributed by atoms with van der Waals surface area (Å²) in [4.78, 5) is 8.58. The molecule has 0 aliphatic carbocycles. The number of hydrogen-bond donors (Lipinski definition) is 0. The number of pyridine rings is 1. The Bertz CT molecular complexity index is 459. The van der Waals surface area contributed by atoms with Crippen molar-refractivity contribution in [3.63, 3.8) is 0 Å². The number of aliphatic imine (C=N–C) groups is 1. The molecule has 0 atom stereocenters. The van der Waals surface area contributed by atoms with Gasteiger partial charge in [-0.25, -0.2) is 0 Å². The molecule has 2 rings (SSSR count). The smallest absolute Gasteiger partial charge is 0.0723 e. The van der Waals surface area contributed by atoms with E-state index in [0.717, 1.165) is 16.8 Å². The molecule has 1 heterocycles. The molecule has 2 heteroatoms. The fourth-order valence-corrected chi connectivity index (χ4v) is 1.61. The molecule has 2 nitrogen and oxygen atoms in total. The molecule has 0 aliphatic heterocycles. The molecule has 17 heavy (non-hydrogen) atoms. The van der Waals surface area contributed by atoms with E-state index in [-0.39, 0.29) is 0 Å². The second kappa shape index (κ2) is 5.75. The lowest BCUT2D eigenvalue weighted by Crippen LogP contribution is -2.04. The number of aromatic nitrogens is 1. The molecule has 84 valence electrons. The van der Waals surface area contributed by atoms with Crippen LogP contribution in [0.3, 0.4) is 0 Å². The molecule has 1 aromatic heterocycles. The van der Waals surface area contributed by atoms with Gasteiger partial charge in [-0.15, -0.1) is 6.58 Å². The predicted molar refractivity (Wildman–Crippen MR) is 71.4 cm³/mol. The minimum absolute atomic E-state index is 0.618. The van der Waals surface area contributed by atoms with Crippen LogP contribution in [0.2, 0.25) is 0 Å². The van der Waals surface area contributed by atoms with Crippen molar-refractivity contribution in [2.75, 3.05) is 6.54 Å². The zero-order valence-corrected chi connectivity index (χ0v) is 9.58. The van der Waals surface area contributed by atoms with Gasteiger partial charge in [0, 0.05) is 23.5 Å². The van der Waals surface area contributed by atoms with Crippen LogP contribution in [0.15, 0.2) is 72.5 Å². The van der Waals surface area contributed by atoms with Gasteiger partial charge in [-0.05, 0) is 12.1 Å². The zero-order chi connectivity index (χ0) is 11.9. The topological polar surface area (TPSA) is 25.2 Å². The highest BCUT2D eigenvalue weighted by Gasteiger charge is 2.04. The largest absolute Gasteiger partial charge is 0.280 e. The maximum absolute atomic E-state index is 4.55. The molecule has 0 bridgehead atoms. The summed E-state index contributed by atoms with van der Waals surface area (Å²) < 4.78 is 0. The Kier molecular flexibility index (Phi) is 3.81. The van der Waals surface area contributed by atoms with Gasteiger partial charge in [0.1, 0.15) is 0 Å². The van der Waals surface area contributed by atoms with E-state index in [1.54, 1.807) is 18.5 Å². The van der Waals surface area contributed by atoms with E-state index in [9.17, 15) is 0 Å². The van der Waals surface area contributed by atoms with Gasteiger partial charge in [0.05, 0.1) is 12.3 Å². The van der Waals surface area contributed by atoms with E-state index >= 15 is 0 Å². The number of rotatable bonds is 4. The van der Waals surface area contributed by atoms with E-state index in [1.807, 2.05) is 30.3 Å². The first-order chi connectivity index (χ1) is 8.42. The van der Waals surface area contributed by atoms with Crippen molar-refractivity contribution in [3.8, 4) is 0 Å². The summed E-state index contributed by atoms with van der Waals surface area (Å²) in [7, 11) is 0. The van der Waals surface area contributed by atoms with Crippen molar-refractivity contribution >= 4 is 5.71 Å². The van der Waals surface area contributed by atoms with E-state index in [4.69, 9.17) is 0 Å². The van der Waals surface area contributed by atoms with Crippen LogP contribution in [-0.2, 0) is 0 Å². The summed E-state index contributed by atoms with van der Waals surface area (Å²) in [6.45, 7) is 4.32. The Balaban J connectivity index is 2.43. The highest BCUT2D eigenvalue weighted by Crippen LogP contribution is 2.10. The Morgan fingerprint density at radius 1 is 1.06 bits per heavy atom. The van der Waals surface area contributed by atoms with E-state index in [2.05, 4.69) is 28.7 Å². The number of nitrogens with zero attached hydrogens (tertiary/aromatic N) is 2. The maximum Gasteiger partial charge on any atom is 0.0723 e. The minimum Gasteiger partial charge on any atom is -0.280 e. The van der Waals surface area contributed by atoms with Crippen molar-refractivity contribution in [1.82, 2.24) is 4.98 Å². The molecular weight excluding hydrogens is 208 g/mol. The summed E-state index contributed by atoms with van der Waals surface area (Å²) in [5, 5.41) is 0. The summed E-state index contributed by atoms with van der Waals surface area (Å²) >= 11 is 0. The normalized spacial score (nSPS) is 11.2. The molecular formula is C15H14N2. The quantitative estimate of drug-likeness (QED) is 0.576. The lowest BCUT2D eigenvalue weighted by molar-refractivity contribution is 1.24. The van der Waals surface area contributed by atoms with Crippen molar-refractivity contribution < 1.29 is 0 Å². The van der Waals surface area contributed by atoms with Crippen molar-refractivity contribution in [1.29, 1.82) is 0 Å². The molecule has 1 aromatic carbocycles. The number of benzene rings is 1. The summed E-state index contributed by atoms with van der Waals surface area (Å²) in [5.74, 6) is 0. The first kappa shape index (κ1) is 11.3. The molecule has 0 unspecified atom stereocenters. The van der Waals surface area contributed by atoms with Gasteiger partial charge < -0.3 is 0 Å². The van der Waals surface area contributed by atoms with Crippen LogP contribution < -0.4 is 0 Å². The SMILES string of the molecule is C=CCN=C(c1ccccc1)c1ccncc1. The molecule has 0 saturated heterocycles. The third-order valence-corrected chi connectivity index (χ3v) is 2.38. The highest BCUT2D eigenvalue weighted by atomic mass is 14.7. The van der Waals surface area contributed by atoms with Gasteiger partial charge in [0.2, 0.25) is 0 Å². The second-order valence-electron chi connectivity index (χ2n) is 3.58. The Morgan fingerprint density at radius 2 is 1.71 bits per heavy atom. The molecule has 0 spiro atoms. The van der Waals surface area contributed by atoms with Gasteiger partial charge in [-0.1, -0.05) is 36.4 Å². The van der Waals surface area contributed by atoms with Gasteiger partial charge in [-0.3, -0.25) is 9.98 Å². The number of hydrogen-bond acceptors (Lipinski definition) is 2. The van der Waals surface area contributed by atoms with Crippen LogP contribution in [0.4, 0.5) is 0 Å². The van der Waals surface area contributed by atoms with Crippen LogP contribution in [0.25, 0.3) is 0 Å². The molecule has 0 amide bonds.